The van der Waals surface area contributed by atoms with Crippen molar-refractivity contribution in [2.24, 2.45) is 5.73 Å². The molecule has 1 aliphatic heterocycles. The molecule has 6 aromatic heterocycles. The van der Waals surface area contributed by atoms with E-state index in [1.165, 1.54) is 31.5 Å². The number of nitrogens with one attached hydrogen (secondary N) is 1. The van der Waals surface area contributed by atoms with Gasteiger partial charge in [-0.3, -0.25) is 14.7 Å². The number of ether oxygens (including phenoxy) is 3. The average molecular weight is 1330 g/mol. The molecule has 23 heteroatoms. The number of unbranched alkanes of at least 4 members (excludes halogenated alkanes) is 2. The van der Waals surface area contributed by atoms with Gasteiger partial charge in [0.05, 0.1) is 40.0 Å². The number of likely N-dealkylation sites (tertiary alicyclic amines) is 1. The molecule has 0 aliphatic carbocycles. The molecular formula is C76H85N17O6. The number of primary amides is 1. The molecule has 0 unspecified atom stereocenters. The molecule has 510 valence electrons. The maximum Gasteiger partial charge on any atom is 0.246 e. The highest BCUT2D eigenvalue weighted by Gasteiger charge is 2.29. The van der Waals surface area contributed by atoms with Crippen LogP contribution in [0.15, 0.2) is 208 Å². The number of fused-ring (bicyclic) bond motifs is 3. The number of aliphatic hydroxyl groups is 1. The van der Waals surface area contributed by atoms with E-state index in [1.807, 2.05) is 180 Å². The first kappa shape index (κ1) is 71.4. The van der Waals surface area contributed by atoms with Crippen molar-refractivity contribution < 1.29 is 28.9 Å². The van der Waals surface area contributed by atoms with Crippen molar-refractivity contribution >= 4 is 62.4 Å². The Morgan fingerprint density at radius 1 is 0.566 bits per heavy atom. The third kappa shape index (κ3) is 19.0. The minimum atomic E-state index is -0.481. The molecule has 23 nitrogen and oxygen atoms in total. The number of H-pyrrole nitrogens is 1. The van der Waals surface area contributed by atoms with Gasteiger partial charge in [0, 0.05) is 29.8 Å². The second-order valence-corrected chi connectivity index (χ2v) is 23.2. The fourth-order valence-corrected chi connectivity index (χ4v) is 11.0. The number of aromatic nitrogens is 12. The van der Waals surface area contributed by atoms with Gasteiger partial charge < -0.3 is 47.2 Å². The van der Waals surface area contributed by atoms with Gasteiger partial charge in [-0.2, -0.15) is 15.3 Å². The van der Waals surface area contributed by atoms with Crippen molar-refractivity contribution in [2.75, 3.05) is 30.3 Å². The van der Waals surface area contributed by atoms with E-state index < -0.39 is 5.91 Å². The molecular weight excluding hydrogens is 1250 g/mol. The molecule has 0 bridgehead atoms. The van der Waals surface area contributed by atoms with Crippen LogP contribution in [0.5, 0.6) is 34.5 Å². The maximum atomic E-state index is 12.2. The number of aliphatic hydroxyl groups excluding tert-OH is 1. The fourth-order valence-electron chi connectivity index (χ4n) is 11.0. The summed E-state index contributed by atoms with van der Waals surface area (Å²) in [5.74, 6) is 5.31. The summed E-state index contributed by atoms with van der Waals surface area (Å²) in [6.45, 7) is 16.5. The first-order valence-corrected chi connectivity index (χ1v) is 33.2. The Bertz CT molecular complexity index is 4530. The van der Waals surface area contributed by atoms with Crippen LogP contribution in [0.25, 0.3) is 66.9 Å². The van der Waals surface area contributed by atoms with E-state index in [9.17, 15) is 9.59 Å². The number of benzene rings is 6. The number of hydrogen-bond donors (Lipinski definition) is 6. The Morgan fingerprint density at radius 3 is 1.48 bits per heavy atom. The summed E-state index contributed by atoms with van der Waals surface area (Å²) < 4.78 is 21.5. The molecule has 7 heterocycles. The van der Waals surface area contributed by atoms with Crippen LogP contribution >= 0.6 is 0 Å². The monoisotopic (exact) mass is 1330 g/mol. The van der Waals surface area contributed by atoms with E-state index in [1.54, 1.807) is 4.90 Å². The van der Waals surface area contributed by atoms with Crippen molar-refractivity contribution in [1.29, 1.82) is 0 Å². The Kier molecular flexibility index (Phi) is 25.8. The van der Waals surface area contributed by atoms with Crippen LogP contribution in [0, 0.1) is 0 Å². The lowest BCUT2D eigenvalue weighted by Crippen LogP contribution is -2.40. The summed E-state index contributed by atoms with van der Waals surface area (Å²) >= 11 is 0. The average Bonchev–Trinajstić information content (AvgIpc) is 1.62. The Labute approximate surface area is 575 Å². The molecule has 13 rings (SSSR count). The molecule has 0 saturated carbocycles. The number of aromatic amines is 1. The van der Waals surface area contributed by atoms with Crippen molar-refractivity contribution in [3.05, 3.63) is 208 Å². The number of para-hydroxylation sites is 3. The van der Waals surface area contributed by atoms with Gasteiger partial charge in [-0.1, -0.05) is 121 Å². The third-order valence-electron chi connectivity index (χ3n) is 16.3. The SMILES string of the molecule is C=CC(=O)N1CCC[C@@H](n2nc(-c3ccc(Oc4ccccc4)cc3)c3c(N)ncnc32)C1.C=CC(N)=O.CCCC[C@H](CC)n1nc(-c2ccc(Oc3ccccc3)cc2)c2c(N)ncnc21.CCCC[C@H](O)CC.Nc1ncnc2n[nH]c(-c3ccc(Oc4ccccc4)cc3)c12. The van der Waals surface area contributed by atoms with Crippen molar-refractivity contribution in [2.45, 2.75) is 110 Å². The van der Waals surface area contributed by atoms with E-state index in [-0.39, 0.29) is 24.1 Å². The predicted molar refractivity (Wildman–Crippen MR) is 391 cm³/mol. The third-order valence-corrected chi connectivity index (χ3v) is 16.3. The minimum Gasteiger partial charge on any atom is -0.457 e. The van der Waals surface area contributed by atoms with Gasteiger partial charge in [-0.25, -0.2) is 39.3 Å². The van der Waals surface area contributed by atoms with Gasteiger partial charge in [0.15, 0.2) is 16.9 Å². The first-order valence-electron chi connectivity index (χ1n) is 33.2. The van der Waals surface area contributed by atoms with Crippen LogP contribution in [-0.2, 0) is 9.59 Å². The van der Waals surface area contributed by atoms with Crippen LogP contribution in [0.4, 0.5) is 17.5 Å². The number of carbonyl (C=O) groups is 2. The van der Waals surface area contributed by atoms with Crippen LogP contribution in [0.3, 0.4) is 0 Å². The molecule has 99 heavy (non-hydrogen) atoms. The second kappa shape index (κ2) is 35.8. The quantitative estimate of drug-likeness (QED) is 0.0364. The molecule has 12 aromatic rings. The standard InChI is InChI=1S/C25H24N6O2.C24H27N5O.C17H13N5O.C7H16O.C3H5NO/c1-2-21(32)30-14-6-7-18(15-30)31-25-22(24(26)27-16-28-25)23(29-31)17-10-12-20(13-11-17)33-19-8-4-3-5-9-19;1-3-5-9-18(4-2)29-24-21(23(25)26-16-27-24)22(28-29)17-12-14-20(15-13-17)30-19-10-7-6-8-11-19;18-16-14-15(21-22-17(14)20-10-19-16)11-6-8-13(9-7-11)23-12-4-2-1-3-5-12;1-3-5-6-7(8)4-2;1-2-3(4)5/h2-5,8-13,16,18H,1,6-7,14-15H2,(H2,26,27,28);6-8,10-16,18H,3-5,9H2,1-2H3,(H2,25,26,27);1-10H,(H3,18,19,20,21,22);7-8H,3-6H2,1-2H3;2H,1H2,(H2,4,5)/t2*18-;;7-;/m10.1./s1. The first-order chi connectivity index (χ1) is 48.2. The molecule has 6 aromatic carbocycles. The largest absolute Gasteiger partial charge is 0.457 e. The lowest BCUT2D eigenvalue weighted by atomic mass is 10.1. The lowest BCUT2D eigenvalue weighted by Gasteiger charge is -2.32. The summed E-state index contributed by atoms with van der Waals surface area (Å²) in [5, 5.41) is 28.2. The fraction of sp³-hybridized carbons (Fsp3) is 0.250. The van der Waals surface area contributed by atoms with Gasteiger partial charge in [0.1, 0.15) is 82.3 Å². The Morgan fingerprint density at radius 2 is 1.01 bits per heavy atom. The van der Waals surface area contributed by atoms with E-state index in [4.69, 9.17) is 46.7 Å². The van der Waals surface area contributed by atoms with Crippen molar-refractivity contribution in [1.82, 2.24) is 64.6 Å². The number of amides is 2. The normalized spacial score (nSPS) is 13.0. The highest BCUT2D eigenvalue weighted by Crippen LogP contribution is 2.38. The number of nitrogens with zero attached hydrogens (tertiary/aromatic N) is 12. The summed E-state index contributed by atoms with van der Waals surface area (Å²) in [6, 6.07) is 52.6. The zero-order chi connectivity index (χ0) is 70.0. The van der Waals surface area contributed by atoms with E-state index in [0.717, 1.165) is 143 Å². The van der Waals surface area contributed by atoms with Gasteiger partial charge in [-0.15, -0.1) is 0 Å². The number of nitrogen functional groups attached to an aromatic ring is 3. The number of anilines is 3. The van der Waals surface area contributed by atoms with Gasteiger partial charge in [-0.05, 0) is 160 Å². The summed E-state index contributed by atoms with van der Waals surface area (Å²) in [5.41, 5.74) is 30.1. The molecule has 1 saturated heterocycles. The highest BCUT2D eigenvalue weighted by atomic mass is 16.5. The number of carbonyl (C=O) groups excluding carboxylic acids is 2. The molecule has 3 atom stereocenters. The molecule has 0 radical (unpaired) electrons. The van der Waals surface area contributed by atoms with Crippen molar-refractivity contribution in [3.63, 3.8) is 0 Å². The molecule has 0 spiro atoms. The number of nitrogens with two attached hydrogens (primary N) is 4. The topological polar surface area (TPSA) is 331 Å². The Hall–Kier alpha value is -11.9. The van der Waals surface area contributed by atoms with Crippen LogP contribution in [0.2, 0.25) is 0 Å². The molecule has 1 aliphatic rings. The van der Waals surface area contributed by atoms with Crippen molar-refractivity contribution in [3.8, 4) is 68.3 Å². The smallest absolute Gasteiger partial charge is 0.246 e. The maximum absolute atomic E-state index is 12.2. The number of piperidine rings is 1. The van der Waals surface area contributed by atoms with Gasteiger partial charge >= 0.3 is 0 Å². The van der Waals surface area contributed by atoms with E-state index in [0.29, 0.717) is 52.9 Å². The molecule has 10 N–H and O–H groups in total. The van der Waals surface area contributed by atoms with Crippen LogP contribution in [0.1, 0.15) is 104 Å². The highest BCUT2D eigenvalue weighted by molar-refractivity contribution is 6.00. The predicted octanol–water partition coefficient (Wildman–Crippen LogP) is 15.2. The van der Waals surface area contributed by atoms with Gasteiger partial charge in [0.25, 0.3) is 0 Å². The van der Waals surface area contributed by atoms with Gasteiger partial charge in [0.2, 0.25) is 11.8 Å². The molecule has 2 amide bonds. The zero-order valence-corrected chi connectivity index (χ0v) is 56.3. The molecule has 1 fully saturated rings. The summed E-state index contributed by atoms with van der Waals surface area (Å²) in [4.78, 5) is 49.0. The van der Waals surface area contributed by atoms with E-state index >= 15 is 0 Å². The van der Waals surface area contributed by atoms with Crippen LogP contribution in [-0.4, -0.2) is 101 Å². The Balaban J connectivity index is 0.000000161. The summed E-state index contributed by atoms with van der Waals surface area (Å²) in [7, 11) is 0. The zero-order valence-electron chi connectivity index (χ0n) is 56.3. The minimum absolute atomic E-state index is 0.00566. The number of hydrogen-bond acceptors (Lipinski definition) is 18. The number of rotatable bonds is 21. The summed E-state index contributed by atoms with van der Waals surface area (Å²) in [6.07, 6.45) is 17.1. The van der Waals surface area contributed by atoms with Crippen LogP contribution < -0.4 is 37.1 Å². The lowest BCUT2D eigenvalue weighted by molar-refractivity contribution is -0.127. The second-order valence-electron chi connectivity index (χ2n) is 23.2. The van der Waals surface area contributed by atoms with E-state index in [2.05, 4.69) is 79.8 Å².